The molecule has 2 aromatic heterocycles. The number of fused-ring (bicyclic) bond motifs is 1. The number of aryl methyl sites for hydroxylation is 1. The summed E-state index contributed by atoms with van der Waals surface area (Å²) in [6.45, 7) is 1.75. The molecule has 2 N–H and O–H groups in total. The van der Waals surface area contributed by atoms with Gasteiger partial charge in [-0.1, -0.05) is 41.6 Å². The van der Waals surface area contributed by atoms with Crippen LogP contribution < -0.4 is 10.9 Å². The normalized spacial score (nSPS) is 10.8. The Morgan fingerprint density at radius 1 is 1.04 bits per heavy atom. The van der Waals surface area contributed by atoms with Crippen LogP contribution in [0, 0.1) is 6.92 Å². The molecule has 1 amide bonds. The molecule has 6 nitrogen and oxygen atoms in total. The fourth-order valence-corrected chi connectivity index (χ4v) is 2.88. The summed E-state index contributed by atoms with van der Waals surface area (Å²) < 4.78 is 5.28. The molecule has 6 heteroatoms. The number of aromatic amines is 1. The first-order valence-corrected chi connectivity index (χ1v) is 8.08. The Balaban J connectivity index is 1.75. The van der Waals surface area contributed by atoms with Gasteiger partial charge in [-0.05, 0) is 25.1 Å². The standard InChI is InChI=1S/C20H15N3O3/c1-12-18(19(23-26-12)13-6-3-2-4-7-13)22-20(25)15-8-5-9-16-14(15)10-11-17(24)21-16/h2-11H,1H3,(H,21,24)(H,22,25). The number of anilines is 1. The minimum absolute atomic E-state index is 0.212. The summed E-state index contributed by atoms with van der Waals surface area (Å²) in [6, 6.07) is 17.7. The van der Waals surface area contributed by atoms with E-state index in [9.17, 15) is 9.59 Å². The molecule has 0 bridgehead atoms. The van der Waals surface area contributed by atoms with Gasteiger partial charge >= 0.3 is 0 Å². The number of hydrogen-bond acceptors (Lipinski definition) is 4. The number of carbonyl (C=O) groups is 1. The fraction of sp³-hybridized carbons (Fsp3) is 0.0500. The molecular weight excluding hydrogens is 330 g/mol. The number of amides is 1. The van der Waals surface area contributed by atoms with E-state index in [-0.39, 0.29) is 11.5 Å². The monoisotopic (exact) mass is 345 g/mol. The third-order valence-electron chi connectivity index (χ3n) is 4.16. The molecule has 0 saturated carbocycles. The van der Waals surface area contributed by atoms with Gasteiger partial charge in [0.05, 0.1) is 0 Å². The van der Waals surface area contributed by atoms with Gasteiger partial charge in [0, 0.05) is 28.1 Å². The van der Waals surface area contributed by atoms with Gasteiger partial charge in [-0.15, -0.1) is 0 Å². The van der Waals surface area contributed by atoms with Crippen LogP contribution in [-0.4, -0.2) is 16.0 Å². The number of pyridine rings is 1. The van der Waals surface area contributed by atoms with Crippen molar-refractivity contribution in [3.05, 3.63) is 82.3 Å². The molecule has 0 unspecified atom stereocenters. The first kappa shape index (κ1) is 15.8. The van der Waals surface area contributed by atoms with Crippen LogP contribution in [0.1, 0.15) is 16.1 Å². The van der Waals surface area contributed by atoms with Crippen LogP contribution in [0.15, 0.2) is 70.0 Å². The van der Waals surface area contributed by atoms with Gasteiger partial charge in [0.15, 0.2) is 5.76 Å². The molecule has 26 heavy (non-hydrogen) atoms. The Morgan fingerprint density at radius 3 is 2.65 bits per heavy atom. The summed E-state index contributed by atoms with van der Waals surface area (Å²) in [5.74, 6) is 0.219. The van der Waals surface area contributed by atoms with Gasteiger partial charge in [0.2, 0.25) is 5.56 Å². The average molecular weight is 345 g/mol. The average Bonchev–Trinajstić information content (AvgIpc) is 3.02. The SMILES string of the molecule is Cc1onc(-c2ccccc2)c1NC(=O)c1cccc2[nH]c(=O)ccc12. The molecule has 0 radical (unpaired) electrons. The molecule has 4 rings (SSSR count). The maximum absolute atomic E-state index is 12.9. The summed E-state index contributed by atoms with van der Waals surface area (Å²) in [6.07, 6.45) is 0. The number of aromatic nitrogens is 2. The van der Waals surface area contributed by atoms with Crippen LogP contribution in [0.3, 0.4) is 0 Å². The van der Waals surface area contributed by atoms with E-state index in [1.807, 2.05) is 30.3 Å². The zero-order valence-electron chi connectivity index (χ0n) is 13.9. The molecule has 4 aromatic rings. The van der Waals surface area contributed by atoms with Gasteiger partial charge in [-0.2, -0.15) is 0 Å². The molecule has 2 aromatic carbocycles. The summed E-state index contributed by atoms with van der Waals surface area (Å²) in [5.41, 5.74) is 2.81. The predicted molar refractivity (Wildman–Crippen MR) is 99.2 cm³/mol. The highest BCUT2D eigenvalue weighted by Crippen LogP contribution is 2.30. The maximum atomic E-state index is 12.9. The molecule has 0 spiro atoms. The molecule has 0 aliphatic rings. The molecule has 0 aliphatic carbocycles. The van der Waals surface area contributed by atoms with Crippen LogP contribution in [0.25, 0.3) is 22.2 Å². The van der Waals surface area contributed by atoms with E-state index in [2.05, 4.69) is 15.5 Å². The lowest BCUT2D eigenvalue weighted by Gasteiger charge is -2.08. The maximum Gasteiger partial charge on any atom is 0.256 e. The van der Waals surface area contributed by atoms with E-state index >= 15 is 0 Å². The van der Waals surface area contributed by atoms with Crippen molar-refractivity contribution in [2.75, 3.05) is 5.32 Å². The third kappa shape index (κ3) is 2.77. The van der Waals surface area contributed by atoms with E-state index in [1.54, 1.807) is 31.2 Å². The first-order chi connectivity index (χ1) is 12.6. The smallest absolute Gasteiger partial charge is 0.256 e. The van der Waals surface area contributed by atoms with Crippen LogP contribution in [-0.2, 0) is 0 Å². The van der Waals surface area contributed by atoms with Crippen molar-refractivity contribution in [2.45, 2.75) is 6.92 Å². The van der Waals surface area contributed by atoms with Gasteiger partial charge in [-0.3, -0.25) is 9.59 Å². The van der Waals surface area contributed by atoms with E-state index in [0.717, 1.165) is 5.56 Å². The van der Waals surface area contributed by atoms with Gasteiger partial charge in [0.1, 0.15) is 11.4 Å². The minimum Gasteiger partial charge on any atom is -0.359 e. The van der Waals surface area contributed by atoms with Crippen molar-refractivity contribution in [2.24, 2.45) is 0 Å². The van der Waals surface area contributed by atoms with Crippen molar-refractivity contribution in [1.82, 2.24) is 10.1 Å². The zero-order chi connectivity index (χ0) is 18.1. The van der Waals surface area contributed by atoms with Crippen LogP contribution >= 0.6 is 0 Å². The second-order valence-corrected chi connectivity index (χ2v) is 5.87. The van der Waals surface area contributed by atoms with Crippen molar-refractivity contribution in [1.29, 1.82) is 0 Å². The highest BCUT2D eigenvalue weighted by atomic mass is 16.5. The zero-order valence-corrected chi connectivity index (χ0v) is 13.9. The van der Waals surface area contributed by atoms with Gasteiger partial charge < -0.3 is 14.8 Å². The highest BCUT2D eigenvalue weighted by molar-refractivity contribution is 6.13. The number of carbonyl (C=O) groups excluding carboxylic acids is 1. The van der Waals surface area contributed by atoms with Gasteiger partial charge in [-0.25, -0.2) is 0 Å². The quantitative estimate of drug-likeness (QED) is 0.592. The van der Waals surface area contributed by atoms with E-state index < -0.39 is 0 Å². The van der Waals surface area contributed by atoms with E-state index in [4.69, 9.17) is 4.52 Å². The lowest BCUT2D eigenvalue weighted by atomic mass is 10.1. The van der Waals surface area contributed by atoms with E-state index in [1.165, 1.54) is 6.07 Å². The topological polar surface area (TPSA) is 88.0 Å². The second-order valence-electron chi connectivity index (χ2n) is 5.87. The summed E-state index contributed by atoms with van der Waals surface area (Å²) >= 11 is 0. The van der Waals surface area contributed by atoms with Crippen molar-refractivity contribution >= 4 is 22.5 Å². The summed E-state index contributed by atoms with van der Waals surface area (Å²) in [7, 11) is 0. The van der Waals surface area contributed by atoms with E-state index in [0.29, 0.717) is 33.6 Å². The minimum atomic E-state index is -0.300. The fourth-order valence-electron chi connectivity index (χ4n) is 2.88. The Bertz CT molecular complexity index is 1160. The first-order valence-electron chi connectivity index (χ1n) is 8.08. The van der Waals surface area contributed by atoms with Crippen LogP contribution in [0.5, 0.6) is 0 Å². The molecule has 0 atom stereocenters. The predicted octanol–water partition coefficient (Wildman–Crippen LogP) is 3.74. The Morgan fingerprint density at radius 2 is 1.85 bits per heavy atom. The molecule has 2 heterocycles. The highest BCUT2D eigenvalue weighted by Gasteiger charge is 2.19. The lowest BCUT2D eigenvalue weighted by molar-refractivity contribution is 0.102. The number of H-pyrrole nitrogens is 1. The summed E-state index contributed by atoms with van der Waals surface area (Å²) in [5, 5.41) is 7.63. The molecule has 0 fully saturated rings. The van der Waals surface area contributed by atoms with Crippen molar-refractivity contribution in [3.8, 4) is 11.3 Å². The molecular formula is C20H15N3O3. The number of hydrogen-bond donors (Lipinski definition) is 2. The van der Waals surface area contributed by atoms with Crippen molar-refractivity contribution in [3.63, 3.8) is 0 Å². The Labute approximate surface area is 148 Å². The molecule has 0 saturated heterocycles. The largest absolute Gasteiger partial charge is 0.359 e. The lowest BCUT2D eigenvalue weighted by Crippen LogP contribution is -2.14. The van der Waals surface area contributed by atoms with Gasteiger partial charge in [0.25, 0.3) is 5.91 Å². The number of rotatable bonds is 3. The number of nitrogens with one attached hydrogen (secondary N) is 2. The number of nitrogens with zero attached hydrogens (tertiary/aromatic N) is 1. The second kappa shape index (κ2) is 6.33. The summed E-state index contributed by atoms with van der Waals surface area (Å²) in [4.78, 5) is 27.1. The third-order valence-corrected chi connectivity index (χ3v) is 4.16. The van der Waals surface area contributed by atoms with Crippen LogP contribution in [0.4, 0.5) is 5.69 Å². The van der Waals surface area contributed by atoms with Crippen LogP contribution in [0.2, 0.25) is 0 Å². The Hall–Kier alpha value is -3.67. The molecule has 0 aliphatic heterocycles. The Kier molecular flexibility index (Phi) is 3.85. The number of benzene rings is 2. The van der Waals surface area contributed by atoms with Crippen molar-refractivity contribution < 1.29 is 9.32 Å². The molecule has 128 valence electrons.